The van der Waals surface area contributed by atoms with E-state index in [1.165, 1.54) is 0 Å². The second-order valence-corrected chi connectivity index (χ2v) is 9.86. The molecule has 0 radical (unpaired) electrons. The second kappa shape index (κ2) is 8.93. The third-order valence-corrected chi connectivity index (χ3v) is 7.10. The SMILES string of the molecule is Clc1ccc(-c2nc(-c3ccc(Nc4nc(-c5ccc(Br)cc5)cs4)cc3)cs2)cc1. The highest BCUT2D eigenvalue weighted by Gasteiger charge is 2.08. The Morgan fingerprint density at radius 1 is 0.677 bits per heavy atom. The Morgan fingerprint density at radius 3 is 1.97 bits per heavy atom. The van der Waals surface area contributed by atoms with Crippen LogP contribution in [-0.4, -0.2) is 9.97 Å². The zero-order chi connectivity index (χ0) is 21.2. The standard InChI is InChI=1S/C24H15BrClN3S2/c25-18-7-1-15(2-8-18)22-14-31-24(29-22)27-20-11-5-16(6-12-20)21-13-30-23(28-21)17-3-9-19(26)10-4-17/h1-14H,(H,27,29). The third-order valence-electron chi connectivity index (χ3n) is 4.67. The van der Waals surface area contributed by atoms with Crippen molar-refractivity contribution in [2.24, 2.45) is 0 Å². The normalized spacial score (nSPS) is 10.9. The van der Waals surface area contributed by atoms with Crippen molar-refractivity contribution in [3.8, 4) is 33.1 Å². The Kier molecular flexibility index (Phi) is 5.87. The van der Waals surface area contributed by atoms with Gasteiger partial charge in [0.2, 0.25) is 0 Å². The molecule has 1 N–H and O–H groups in total. The number of thiazole rings is 2. The van der Waals surface area contributed by atoms with Crippen LogP contribution in [0.25, 0.3) is 33.1 Å². The lowest BCUT2D eigenvalue weighted by Crippen LogP contribution is -1.89. The van der Waals surface area contributed by atoms with Crippen LogP contribution in [0.2, 0.25) is 5.02 Å². The van der Waals surface area contributed by atoms with Crippen LogP contribution in [0.5, 0.6) is 0 Å². The fourth-order valence-corrected chi connectivity index (χ4v) is 5.03. The Hall–Kier alpha value is -2.51. The summed E-state index contributed by atoms with van der Waals surface area (Å²) in [5.41, 5.74) is 6.18. The average Bonchev–Trinajstić information content (AvgIpc) is 3.46. The largest absolute Gasteiger partial charge is 0.332 e. The number of benzene rings is 3. The number of hydrogen-bond acceptors (Lipinski definition) is 5. The molecule has 2 aromatic heterocycles. The van der Waals surface area contributed by atoms with E-state index in [1.807, 2.05) is 36.4 Å². The number of halogens is 2. The Morgan fingerprint density at radius 2 is 1.26 bits per heavy atom. The Balaban J connectivity index is 1.30. The fraction of sp³-hybridized carbons (Fsp3) is 0. The molecule has 0 aliphatic heterocycles. The van der Waals surface area contributed by atoms with Crippen LogP contribution in [0.15, 0.2) is 88.0 Å². The summed E-state index contributed by atoms with van der Waals surface area (Å²) in [6.45, 7) is 0. The van der Waals surface area contributed by atoms with Gasteiger partial charge in [0.25, 0.3) is 0 Å². The van der Waals surface area contributed by atoms with Crippen molar-refractivity contribution in [2.75, 3.05) is 5.32 Å². The molecule has 0 aliphatic carbocycles. The molecule has 5 aromatic rings. The molecule has 3 aromatic carbocycles. The van der Waals surface area contributed by atoms with Gasteiger partial charge in [-0.05, 0) is 36.4 Å². The van der Waals surface area contributed by atoms with E-state index in [-0.39, 0.29) is 0 Å². The molecule has 0 atom stereocenters. The number of nitrogens with one attached hydrogen (secondary N) is 1. The first-order valence-corrected chi connectivity index (χ1v) is 12.4. The predicted octanol–water partition coefficient (Wildman–Crippen LogP) is 8.76. The van der Waals surface area contributed by atoms with Crippen LogP contribution in [0, 0.1) is 0 Å². The molecule has 0 spiro atoms. The maximum atomic E-state index is 5.98. The molecule has 0 bridgehead atoms. The summed E-state index contributed by atoms with van der Waals surface area (Å²) < 4.78 is 1.06. The fourth-order valence-electron chi connectivity index (χ4n) is 3.06. The quantitative estimate of drug-likeness (QED) is 0.250. The van der Waals surface area contributed by atoms with Gasteiger partial charge in [0.1, 0.15) is 5.01 Å². The smallest absolute Gasteiger partial charge is 0.187 e. The molecule has 31 heavy (non-hydrogen) atoms. The molecule has 3 nitrogen and oxygen atoms in total. The van der Waals surface area contributed by atoms with E-state index in [9.17, 15) is 0 Å². The van der Waals surface area contributed by atoms with Crippen molar-refractivity contribution in [2.45, 2.75) is 0 Å². The van der Waals surface area contributed by atoms with E-state index < -0.39 is 0 Å². The van der Waals surface area contributed by atoms with E-state index in [2.05, 4.69) is 68.4 Å². The van der Waals surface area contributed by atoms with E-state index >= 15 is 0 Å². The summed E-state index contributed by atoms with van der Waals surface area (Å²) in [7, 11) is 0. The lowest BCUT2D eigenvalue weighted by molar-refractivity contribution is 1.38. The Labute approximate surface area is 201 Å². The number of rotatable bonds is 5. The second-order valence-electron chi connectivity index (χ2n) is 6.79. The highest BCUT2D eigenvalue weighted by molar-refractivity contribution is 9.10. The minimum absolute atomic E-state index is 0.729. The van der Waals surface area contributed by atoms with Crippen molar-refractivity contribution in [1.29, 1.82) is 0 Å². The van der Waals surface area contributed by atoms with Gasteiger partial charge in [-0.3, -0.25) is 0 Å². The lowest BCUT2D eigenvalue weighted by atomic mass is 10.1. The van der Waals surface area contributed by atoms with Gasteiger partial charge in [0.15, 0.2) is 5.13 Å². The summed E-state index contributed by atoms with van der Waals surface area (Å²) >= 11 is 12.7. The van der Waals surface area contributed by atoms with Crippen LogP contribution in [0.1, 0.15) is 0 Å². The summed E-state index contributed by atoms with van der Waals surface area (Å²) in [6, 6.07) is 24.2. The zero-order valence-corrected chi connectivity index (χ0v) is 20.0. The molecule has 152 valence electrons. The van der Waals surface area contributed by atoms with Crippen LogP contribution >= 0.6 is 50.2 Å². The molecular formula is C24H15BrClN3S2. The Bertz CT molecular complexity index is 1310. The van der Waals surface area contributed by atoms with E-state index in [0.29, 0.717) is 0 Å². The summed E-state index contributed by atoms with van der Waals surface area (Å²) in [6.07, 6.45) is 0. The van der Waals surface area contributed by atoms with Crippen molar-refractivity contribution in [3.63, 3.8) is 0 Å². The van der Waals surface area contributed by atoms with Crippen molar-refractivity contribution >= 4 is 61.0 Å². The predicted molar refractivity (Wildman–Crippen MR) is 137 cm³/mol. The van der Waals surface area contributed by atoms with Gasteiger partial charge in [0.05, 0.1) is 11.4 Å². The van der Waals surface area contributed by atoms with Gasteiger partial charge in [-0.2, -0.15) is 0 Å². The molecule has 0 amide bonds. The van der Waals surface area contributed by atoms with Gasteiger partial charge in [-0.25, -0.2) is 9.97 Å². The molecule has 5 rings (SSSR count). The minimum atomic E-state index is 0.729. The summed E-state index contributed by atoms with van der Waals surface area (Å²) in [5.74, 6) is 0. The molecule has 7 heteroatoms. The molecule has 0 saturated heterocycles. The first-order chi connectivity index (χ1) is 15.1. The van der Waals surface area contributed by atoms with Gasteiger partial charge >= 0.3 is 0 Å². The van der Waals surface area contributed by atoms with Gasteiger partial charge in [-0.1, -0.05) is 63.9 Å². The maximum absolute atomic E-state index is 5.98. The molecule has 0 fully saturated rings. The van der Waals surface area contributed by atoms with Crippen LogP contribution in [0.4, 0.5) is 10.8 Å². The monoisotopic (exact) mass is 523 g/mol. The first kappa shape index (κ1) is 20.4. The van der Waals surface area contributed by atoms with Crippen LogP contribution in [-0.2, 0) is 0 Å². The van der Waals surface area contributed by atoms with E-state index in [0.717, 1.165) is 53.4 Å². The number of hydrogen-bond donors (Lipinski definition) is 1. The van der Waals surface area contributed by atoms with Crippen molar-refractivity contribution in [3.05, 3.63) is 93.1 Å². The molecule has 0 unspecified atom stereocenters. The highest BCUT2D eigenvalue weighted by Crippen LogP contribution is 2.31. The van der Waals surface area contributed by atoms with Gasteiger partial charge in [0, 0.05) is 42.6 Å². The average molecular weight is 525 g/mol. The van der Waals surface area contributed by atoms with Gasteiger partial charge < -0.3 is 5.32 Å². The number of anilines is 2. The van der Waals surface area contributed by atoms with E-state index in [1.54, 1.807) is 22.7 Å². The van der Waals surface area contributed by atoms with Crippen molar-refractivity contribution in [1.82, 2.24) is 9.97 Å². The molecule has 0 aliphatic rings. The summed E-state index contributed by atoms with van der Waals surface area (Å²) in [4.78, 5) is 9.48. The van der Waals surface area contributed by atoms with Crippen LogP contribution in [0.3, 0.4) is 0 Å². The third kappa shape index (κ3) is 4.72. The topological polar surface area (TPSA) is 37.8 Å². The number of aromatic nitrogens is 2. The first-order valence-electron chi connectivity index (χ1n) is 9.44. The van der Waals surface area contributed by atoms with E-state index in [4.69, 9.17) is 21.6 Å². The summed E-state index contributed by atoms with van der Waals surface area (Å²) in [5, 5.41) is 10.1. The van der Waals surface area contributed by atoms with Crippen LogP contribution < -0.4 is 5.32 Å². The zero-order valence-electron chi connectivity index (χ0n) is 16.0. The molecule has 2 heterocycles. The minimum Gasteiger partial charge on any atom is -0.332 e. The van der Waals surface area contributed by atoms with Crippen molar-refractivity contribution < 1.29 is 0 Å². The lowest BCUT2D eigenvalue weighted by Gasteiger charge is -2.04. The molecule has 0 saturated carbocycles. The highest BCUT2D eigenvalue weighted by atomic mass is 79.9. The maximum Gasteiger partial charge on any atom is 0.187 e. The molecular weight excluding hydrogens is 510 g/mol. The van der Waals surface area contributed by atoms with Gasteiger partial charge in [-0.15, -0.1) is 22.7 Å². The number of nitrogens with zero attached hydrogens (tertiary/aromatic N) is 2.